The summed E-state index contributed by atoms with van der Waals surface area (Å²) in [7, 11) is 0. The Bertz CT molecular complexity index is 1250. The zero-order valence-electron chi connectivity index (χ0n) is 17.1. The van der Waals surface area contributed by atoms with Crippen molar-refractivity contribution in [1.29, 1.82) is 0 Å². The maximum atomic E-state index is 12.9. The normalized spacial score (nSPS) is 11.4. The first kappa shape index (κ1) is 22.9. The highest BCUT2D eigenvalue weighted by Crippen LogP contribution is 2.30. The number of Topliss-reactive ketones (excluding diaryl/α,β-unsaturated/α-hetero) is 1. The second-order valence-electron chi connectivity index (χ2n) is 7.02. The molecule has 2 aromatic carbocycles. The van der Waals surface area contributed by atoms with E-state index in [2.05, 4.69) is 5.32 Å². The quantitative estimate of drug-likeness (QED) is 0.544. The van der Waals surface area contributed by atoms with Gasteiger partial charge in [-0.05, 0) is 30.7 Å². The first-order valence-electron chi connectivity index (χ1n) is 9.74. The van der Waals surface area contributed by atoms with E-state index in [4.69, 9.17) is 5.73 Å². The average Bonchev–Trinajstić information content (AvgIpc) is 2.76. The van der Waals surface area contributed by atoms with Crippen LogP contribution in [-0.2, 0) is 19.3 Å². The lowest BCUT2D eigenvalue weighted by molar-refractivity contribution is -0.137. The molecule has 3 rings (SSSR count). The fourth-order valence-electron chi connectivity index (χ4n) is 3.25. The number of nitrogens with one attached hydrogen (secondary N) is 1. The Morgan fingerprint density at radius 1 is 1.03 bits per heavy atom. The standard InChI is InChI=1S/C22H21F3N4O3/c1-2-28-20(31)18(19(26)29(21(28)32)13-14-7-4-3-5-8-14)17(30)12-27-16-10-6-9-15(11-16)22(23,24)25/h3-11,27H,2,12-13,26H2,1H3. The third-order valence-electron chi connectivity index (χ3n) is 4.89. The van der Waals surface area contributed by atoms with Crippen molar-refractivity contribution in [3.05, 3.63) is 92.1 Å². The highest BCUT2D eigenvalue weighted by Gasteiger charge is 2.30. The second kappa shape index (κ2) is 9.13. The fourth-order valence-corrected chi connectivity index (χ4v) is 3.25. The van der Waals surface area contributed by atoms with Gasteiger partial charge in [0.1, 0.15) is 11.4 Å². The molecule has 0 aliphatic carbocycles. The molecular weight excluding hydrogens is 425 g/mol. The monoisotopic (exact) mass is 446 g/mol. The number of rotatable bonds is 7. The van der Waals surface area contributed by atoms with E-state index >= 15 is 0 Å². The number of nitrogens with two attached hydrogens (primary N) is 1. The molecule has 1 aromatic heterocycles. The molecule has 0 aliphatic rings. The Hall–Kier alpha value is -3.82. The van der Waals surface area contributed by atoms with Crippen LogP contribution in [0.2, 0.25) is 0 Å². The number of nitrogens with zero attached hydrogens (tertiary/aromatic N) is 2. The number of benzene rings is 2. The molecule has 3 N–H and O–H groups in total. The molecule has 0 saturated carbocycles. The van der Waals surface area contributed by atoms with Gasteiger partial charge in [-0.1, -0.05) is 36.4 Å². The minimum absolute atomic E-state index is 0.0219. The van der Waals surface area contributed by atoms with Crippen molar-refractivity contribution < 1.29 is 18.0 Å². The lowest BCUT2D eigenvalue weighted by Crippen LogP contribution is -2.44. The van der Waals surface area contributed by atoms with Gasteiger partial charge in [-0.3, -0.25) is 18.7 Å². The van der Waals surface area contributed by atoms with Crippen LogP contribution >= 0.6 is 0 Å². The molecule has 32 heavy (non-hydrogen) atoms. The molecule has 0 bridgehead atoms. The number of carbonyl (C=O) groups is 1. The van der Waals surface area contributed by atoms with E-state index in [1.165, 1.54) is 12.1 Å². The van der Waals surface area contributed by atoms with Gasteiger partial charge >= 0.3 is 11.9 Å². The van der Waals surface area contributed by atoms with Gasteiger partial charge in [-0.15, -0.1) is 0 Å². The van der Waals surface area contributed by atoms with Gasteiger partial charge in [0, 0.05) is 12.2 Å². The Morgan fingerprint density at radius 3 is 2.34 bits per heavy atom. The summed E-state index contributed by atoms with van der Waals surface area (Å²) in [5, 5.41) is 2.59. The van der Waals surface area contributed by atoms with Gasteiger partial charge in [-0.2, -0.15) is 13.2 Å². The predicted octanol–water partition coefficient (Wildman–Crippen LogP) is 2.97. The van der Waals surface area contributed by atoms with Crippen LogP contribution in [0.3, 0.4) is 0 Å². The van der Waals surface area contributed by atoms with Gasteiger partial charge in [0.15, 0.2) is 5.78 Å². The minimum atomic E-state index is -4.53. The molecule has 0 radical (unpaired) electrons. The highest BCUT2D eigenvalue weighted by atomic mass is 19.4. The first-order chi connectivity index (χ1) is 15.1. The lowest BCUT2D eigenvalue weighted by atomic mass is 10.1. The van der Waals surface area contributed by atoms with Crippen LogP contribution in [0.25, 0.3) is 0 Å². The Kier molecular flexibility index (Phi) is 6.52. The van der Waals surface area contributed by atoms with Crippen LogP contribution < -0.4 is 22.3 Å². The van der Waals surface area contributed by atoms with Gasteiger partial charge in [0.05, 0.1) is 18.7 Å². The topological polar surface area (TPSA) is 99.1 Å². The molecule has 168 valence electrons. The van der Waals surface area contributed by atoms with Crippen LogP contribution in [0.5, 0.6) is 0 Å². The summed E-state index contributed by atoms with van der Waals surface area (Å²) in [6.07, 6.45) is -4.53. The molecular formula is C22H21F3N4O3. The summed E-state index contributed by atoms with van der Waals surface area (Å²) in [6, 6.07) is 13.2. The van der Waals surface area contributed by atoms with Crippen LogP contribution in [-0.4, -0.2) is 21.5 Å². The number of carbonyl (C=O) groups excluding carboxylic acids is 1. The van der Waals surface area contributed by atoms with Crippen LogP contribution in [0, 0.1) is 0 Å². The number of ketones is 1. The van der Waals surface area contributed by atoms with Gasteiger partial charge < -0.3 is 11.1 Å². The number of hydrogen-bond acceptors (Lipinski definition) is 5. The van der Waals surface area contributed by atoms with Crippen molar-refractivity contribution in [1.82, 2.24) is 9.13 Å². The van der Waals surface area contributed by atoms with E-state index < -0.39 is 35.3 Å². The van der Waals surface area contributed by atoms with Gasteiger partial charge in [0.2, 0.25) is 0 Å². The number of nitrogen functional groups attached to an aromatic ring is 1. The van der Waals surface area contributed by atoms with E-state index in [9.17, 15) is 27.6 Å². The van der Waals surface area contributed by atoms with Crippen molar-refractivity contribution in [2.24, 2.45) is 0 Å². The van der Waals surface area contributed by atoms with Gasteiger partial charge in [-0.25, -0.2) is 4.79 Å². The van der Waals surface area contributed by atoms with Crippen LogP contribution in [0.15, 0.2) is 64.2 Å². The second-order valence-corrected chi connectivity index (χ2v) is 7.02. The third-order valence-corrected chi connectivity index (χ3v) is 4.89. The number of alkyl halides is 3. The Balaban J connectivity index is 1.95. The molecule has 0 saturated heterocycles. The van der Waals surface area contributed by atoms with E-state index in [-0.39, 0.29) is 30.2 Å². The predicted molar refractivity (Wildman–Crippen MR) is 115 cm³/mol. The van der Waals surface area contributed by atoms with Crippen molar-refractivity contribution in [2.45, 2.75) is 26.2 Å². The van der Waals surface area contributed by atoms with Gasteiger partial charge in [0.25, 0.3) is 5.56 Å². The third kappa shape index (κ3) is 4.74. The summed E-state index contributed by atoms with van der Waals surface area (Å²) in [6.45, 7) is 1.18. The zero-order valence-corrected chi connectivity index (χ0v) is 17.1. The molecule has 0 atom stereocenters. The number of halogens is 3. The van der Waals surface area contributed by atoms with Crippen molar-refractivity contribution in [2.75, 3.05) is 17.6 Å². The summed E-state index contributed by atoms with van der Waals surface area (Å²) in [5.74, 6) is -1.03. The molecule has 0 aliphatic heterocycles. The first-order valence-corrected chi connectivity index (χ1v) is 9.74. The van der Waals surface area contributed by atoms with E-state index in [1.54, 1.807) is 37.3 Å². The molecule has 0 spiro atoms. The molecule has 10 heteroatoms. The van der Waals surface area contributed by atoms with Crippen molar-refractivity contribution in [3.8, 4) is 0 Å². The maximum absolute atomic E-state index is 12.9. The largest absolute Gasteiger partial charge is 0.416 e. The molecule has 0 unspecified atom stereocenters. The van der Waals surface area contributed by atoms with E-state index in [1.807, 2.05) is 0 Å². The van der Waals surface area contributed by atoms with Crippen molar-refractivity contribution in [3.63, 3.8) is 0 Å². The summed E-state index contributed by atoms with van der Waals surface area (Å²) >= 11 is 0. The SMILES string of the molecule is CCn1c(=O)c(C(=O)CNc2cccc(C(F)(F)F)c2)c(N)n(Cc2ccccc2)c1=O. The number of aromatic nitrogens is 2. The molecule has 7 nitrogen and oxygen atoms in total. The fraction of sp³-hybridized carbons (Fsp3) is 0.227. The average molecular weight is 446 g/mol. The Labute approximate surface area is 180 Å². The minimum Gasteiger partial charge on any atom is -0.384 e. The molecule has 0 amide bonds. The maximum Gasteiger partial charge on any atom is 0.416 e. The molecule has 0 fully saturated rings. The number of anilines is 2. The lowest BCUT2D eigenvalue weighted by Gasteiger charge is -2.16. The van der Waals surface area contributed by atoms with Crippen LogP contribution in [0.1, 0.15) is 28.4 Å². The number of hydrogen-bond donors (Lipinski definition) is 2. The highest BCUT2D eigenvalue weighted by molar-refractivity contribution is 6.02. The zero-order chi connectivity index (χ0) is 23.5. The molecule has 3 aromatic rings. The van der Waals surface area contributed by atoms with Crippen molar-refractivity contribution >= 4 is 17.3 Å². The summed E-state index contributed by atoms with van der Waals surface area (Å²) in [4.78, 5) is 38.3. The Morgan fingerprint density at radius 2 is 1.72 bits per heavy atom. The van der Waals surface area contributed by atoms with E-state index in [0.29, 0.717) is 0 Å². The van der Waals surface area contributed by atoms with E-state index in [0.717, 1.165) is 26.8 Å². The summed E-state index contributed by atoms with van der Waals surface area (Å²) in [5.41, 5.74) is 4.10. The summed E-state index contributed by atoms with van der Waals surface area (Å²) < 4.78 is 40.7. The van der Waals surface area contributed by atoms with Crippen LogP contribution in [0.4, 0.5) is 24.7 Å². The molecule has 1 heterocycles. The smallest absolute Gasteiger partial charge is 0.384 e.